The summed E-state index contributed by atoms with van der Waals surface area (Å²) in [5, 5.41) is 8.76. The quantitative estimate of drug-likeness (QED) is 0.696. The van der Waals surface area contributed by atoms with Gasteiger partial charge in [0.2, 0.25) is 0 Å². The van der Waals surface area contributed by atoms with E-state index in [0.717, 1.165) is 29.2 Å². The van der Waals surface area contributed by atoms with Crippen LogP contribution in [0.15, 0.2) is 24.5 Å². The van der Waals surface area contributed by atoms with E-state index in [1.165, 1.54) is 0 Å². The standard InChI is InChI=1S/C13H13Cl2N5/c1-2-19-8-16-18-12(19)7-20-11(6-14)17-10-5-3-4-9(15)13(10)20/h3-5,8H,2,6-7H2,1H3. The van der Waals surface area contributed by atoms with Crippen LogP contribution in [0.4, 0.5) is 0 Å². The number of alkyl halides is 1. The van der Waals surface area contributed by atoms with Gasteiger partial charge in [-0.15, -0.1) is 21.8 Å². The molecule has 7 heteroatoms. The number of nitrogens with zero attached hydrogens (tertiary/aromatic N) is 5. The van der Waals surface area contributed by atoms with Crippen LogP contribution in [0, 0.1) is 0 Å². The Bertz CT molecular complexity index is 746. The molecule has 1 aromatic carbocycles. The van der Waals surface area contributed by atoms with E-state index in [1.54, 1.807) is 6.33 Å². The number of benzene rings is 1. The summed E-state index contributed by atoms with van der Waals surface area (Å²) >= 11 is 12.3. The highest BCUT2D eigenvalue weighted by atomic mass is 35.5. The molecular weight excluding hydrogens is 297 g/mol. The van der Waals surface area contributed by atoms with E-state index in [-0.39, 0.29) is 0 Å². The molecule has 2 heterocycles. The largest absolute Gasteiger partial charge is 0.318 e. The van der Waals surface area contributed by atoms with Crippen molar-refractivity contribution >= 4 is 34.2 Å². The highest BCUT2D eigenvalue weighted by molar-refractivity contribution is 6.35. The van der Waals surface area contributed by atoms with Gasteiger partial charge in [0.25, 0.3) is 0 Å². The van der Waals surface area contributed by atoms with Crippen LogP contribution in [-0.2, 0) is 19.0 Å². The summed E-state index contributed by atoms with van der Waals surface area (Å²) < 4.78 is 3.99. The normalized spacial score (nSPS) is 11.3. The number of rotatable bonds is 4. The molecule has 0 unspecified atom stereocenters. The van der Waals surface area contributed by atoms with Gasteiger partial charge in [-0.1, -0.05) is 17.7 Å². The predicted molar refractivity (Wildman–Crippen MR) is 79.1 cm³/mol. The molecule has 0 N–H and O–H groups in total. The molecule has 0 aliphatic rings. The maximum absolute atomic E-state index is 6.30. The Morgan fingerprint density at radius 3 is 2.85 bits per heavy atom. The van der Waals surface area contributed by atoms with Crippen LogP contribution >= 0.6 is 23.2 Å². The summed E-state index contributed by atoms with van der Waals surface area (Å²) in [5.41, 5.74) is 1.73. The van der Waals surface area contributed by atoms with E-state index in [4.69, 9.17) is 23.2 Å². The van der Waals surface area contributed by atoms with Crippen LogP contribution in [0.2, 0.25) is 5.02 Å². The van der Waals surface area contributed by atoms with Gasteiger partial charge in [-0.25, -0.2) is 4.98 Å². The number of aromatic nitrogens is 5. The first-order chi connectivity index (χ1) is 9.74. The summed E-state index contributed by atoms with van der Waals surface area (Å²) in [6.45, 7) is 3.42. The lowest BCUT2D eigenvalue weighted by molar-refractivity contribution is 0.648. The molecule has 0 aliphatic heterocycles. The monoisotopic (exact) mass is 309 g/mol. The second-order valence-electron chi connectivity index (χ2n) is 4.39. The van der Waals surface area contributed by atoms with Crippen LogP contribution < -0.4 is 0 Å². The molecule has 3 rings (SSSR count). The minimum Gasteiger partial charge on any atom is -0.318 e. The summed E-state index contributed by atoms with van der Waals surface area (Å²) in [6, 6.07) is 5.66. The highest BCUT2D eigenvalue weighted by Gasteiger charge is 2.15. The van der Waals surface area contributed by atoms with Gasteiger partial charge < -0.3 is 9.13 Å². The molecule has 0 saturated heterocycles. The lowest BCUT2D eigenvalue weighted by atomic mass is 10.3. The van der Waals surface area contributed by atoms with E-state index in [0.29, 0.717) is 17.4 Å². The van der Waals surface area contributed by atoms with Gasteiger partial charge in [0.1, 0.15) is 12.2 Å². The number of hydrogen-bond acceptors (Lipinski definition) is 3. The number of fused-ring (bicyclic) bond motifs is 1. The smallest absolute Gasteiger partial charge is 0.152 e. The lowest BCUT2D eigenvalue weighted by Gasteiger charge is -2.09. The molecule has 0 aliphatic carbocycles. The third kappa shape index (κ3) is 2.17. The Labute approximate surface area is 126 Å². The lowest BCUT2D eigenvalue weighted by Crippen LogP contribution is -2.10. The first-order valence-corrected chi connectivity index (χ1v) is 7.22. The first kappa shape index (κ1) is 13.4. The van der Waals surface area contributed by atoms with Gasteiger partial charge in [0.15, 0.2) is 5.82 Å². The van der Waals surface area contributed by atoms with Gasteiger partial charge in [-0.05, 0) is 19.1 Å². The Morgan fingerprint density at radius 2 is 2.10 bits per heavy atom. The van der Waals surface area contributed by atoms with Gasteiger partial charge in [0.05, 0.1) is 28.5 Å². The van der Waals surface area contributed by atoms with Gasteiger partial charge in [-0.2, -0.15) is 0 Å². The van der Waals surface area contributed by atoms with Gasteiger partial charge >= 0.3 is 0 Å². The average Bonchev–Trinajstić information content (AvgIpc) is 3.04. The van der Waals surface area contributed by atoms with E-state index in [2.05, 4.69) is 15.2 Å². The van der Waals surface area contributed by atoms with E-state index >= 15 is 0 Å². The number of halogens is 2. The van der Waals surface area contributed by atoms with Crippen molar-refractivity contribution in [2.75, 3.05) is 0 Å². The van der Waals surface area contributed by atoms with Crippen molar-refractivity contribution in [3.05, 3.63) is 41.2 Å². The van der Waals surface area contributed by atoms with Crippen LogP contribution in [0.3, 0.4) is 0 Å². The molecule has 0 bridgehead atoms. The van der Waals surface area contributed by atoms with Crippen molar-refractivity contribution in [2.45, 2.75) is 25.9 Å². The summed E-state index contributed by atoms with van der Waals surface area (Å²) in [5.74, 6) is 1.96. The molecule has 0 radical (unpaired) electrons. The third-order valence-corrected chi connectivity index (χ3v) is 3.80. The van der Waals surface area contributed by atoms with Crippen LogP contribution in [0.1, 0.15) is 18.6 Å². The molecule has 5 nitrogen and oxygen atoms in total. The molecule has 3 aromatic rings. The van der Waals surface area contributed by atoms with Gasteiger partial charge in [-0.3, -0.25) is 0 Å². The molecule has 0 saturated carbocycles. The summed E-state index contributed by atoms with van der Waals surface area (Å²) in [6.07, 6.45) is 1.72. The van der Waals surface area contributed by atoms with Crippen LogP contribution in [0.5, 0.6) is 0 Å². The van der Waals surface area contributed by atoms with Crippen molar-refractivity contribution in [2.24, 2.45) is 0 Å². The Morgan fingerprint density at radius 1 is 1.25 bits per heavy atom. The molecule has 0 fully saturated rings. The molecule has 104 valence electrons. The Balaban J connectivity index is 2.14. The second kappa shape index (κ2) is 5.42. The van der Waals surface area contributed by atoms with Crippen LogP contribution in [-0.4, -0.2) is 24.3 Å². The maximum Gasteiger partial charge on any atom is 0.152 e. The Hall–Kier alpha value is -1.59. The number of para-hydroxylation sites is 1. The molecular formula is C13H13Cl2N5. The van der Waals surface area contributed by atoms with Crippen molar-refractivity contribution in [3.8, 4) is 0 Å². The Kier molecular flexibility index (Phi) is 3.63. The zero-order valence-electron chi connectivity index (χ0n) is 10.9. The third-order valence-electron chi connectivity index (χ3n) is 3.25. The number of hydrogen-bond donors (Lipinski definition) is 0. The SMILES string of the molecule is CCn1cnnc1Cn1c(CCl)nc2cccc(Cl)c21. The maximum atomic E-state index is 6.30. The fourth-order valence-electron chi connectivity index (χ4n) is 2.27. The minimum absolute atomic E-state index is 0.325. The molecule has 0 spiro atoms. The fourth-order valence-corrected chi connectivity index (χ4v) is 2.74. The predicted octanol–water partition coefficient (Wildman–Crippen LogP) is 3.09. The van der Waals surface area contributed by atoms with Crippen molar-refractivity contribution in [3.63, 3.8) is 0 Å². The van der Waals surface area contributed by atoms with E-state index in [1.807, 2.05) is 34.3 Å². The van der Waals surface area contributed by atoms with Crippen molar-refractivity contribution < 1.29 is 0 Å². The minimum atomic E-state index is 0.325. The number of aryl methyl sites for hydroxylation is 1. The van der Waals surface area contributed by atoms with E-state index < -0.39 is 0 Å². The van der Waals surface area contributed by atoms with E-state index in [9.17, 15) is 0 Å². The second-order valence-corrected chi connectivity index (χ2v) is 5.06. The van der Waals surface area contributed by atoms with Gasteiger partial charge in [0, 0.05) is 6.54 Å². The van der Waals surface area contributed by atoms with Crippen LogP contribution in [0.25, 0.3) is 11.0 Å². The fraction of sp³-hybridized carbons (Fsp3) is 0.308. The molecule has 0 atom stereocenters. The number of imidazole rings is 1. The summed E-state index contributed by atoms with van der Waals surface area (Å²) in [7, 11) is 0. The zero-order valence-corrected chi connectivity index (χ0v) is 12.4. The highest BCUT2D eigenvalue weighted by Crippen LogP contribution is 2.26. The van der Waals surface area contributed by atoms with Crippen molar-refractivity contribution in [1.29, 1.82) is 0 Å². The summed E-state index contributed by atoms with van der Waals surface area (Å²) in [4.78, 5) is 4.52. The average molecular weight is 310 g/mol. The molecule has 20 heavy (non-hydrogen) atoms. The zero-order chi connectivity index (χ0) is 14.1. The topological polar surface area (TPSA) is 48.5 Å². The first-order valence-electron chi connectivity index (χ1n) is 6.30. The molecule has 2 aromatic heterocycles. The molecule has 0 amide bonds. The van der Waals surface area contributed by atoms with Crippen molar-refractivity contribution in [1.82, 2.24) is 24.3 Å².